The van der Waals surface area contributed by atoms with Gasteiger partial charge >= 0.3 is 0 Å². The molecule has 2 rings (SSSR count). The Bertz CT molecular complexity index is 496. The summed E-state index contributed by atoms with van der Waals surface area (Å²) in [7, 11) is 0. The SMILES string of the molecule is CCCn1nncc1-c1ccc(O)c(Cl)c1. The van der Waals surface area contributed by atoms with Gasteiger partial charge in [-0.25, -0.2) is 4.68 Å². The maximum atomic E-state index is 9.34. The van der Waals surface area contributed by atoms with Crippen LogP contribution in [0.25, 0.3) is 11.3 Å². The maximum Gasteiger partial charge on any atom is 0.134 e. The summed E-state index contributed by atoms with van der Waals surface area (Å²) in [4.78, 5) is 0. The van der Waals surface area contributed by atoms with Crippen LogP contribution in [-0.2, 0) is 6.54 Å². The molecule has 2 aromatic rings. The Hall–Kier alpha value is -1.55. The fourth-order valence-corrected chi connectivity index (χ4v) is 1.70. The van der Waals surface area contributed by atoms with E-state index in [1.807, 2.05) is 4.68 Å². The van der Waals surface area contributed by atoms with E-state index < -0.39 is 0 Å². The molecule has 84 valence electrons. The molecule has 0 bridgehead atoms. The molecule has 0 aliphatic rings. The lowest BCUT2D eigenvalue weighted by Crippen LogP contribution is -2.01. The average molecular weight is 238 g/mol. The van der Waals surface area contributed by atoms with Gasteiger partial charge in [0.15, 0.2) is 0 Å². The molecular formula is C11H12ClN3O. The maximum absolute atomic E-state index is 9.34. The van der Waals surface area contributed by atoms with Crippen molar-refractivity contribution in [1.82, 2.24) is 15.0 Å². The summed E-state index contributed by atoms with van der Waals surface area (Å²) in [6.45, 7) is 2.89. The lowest BCUT2D eigenvalue weighted by atomic mass is 10.1. The number of halogens is 1. The van der Waals surface area contributed by atoms with E-state index in [1.165, 1.54) is 0 Å². The van der Waals surface area contributed by atoms with Gasteiger partial charge in [-0.05, 0) is 24.6 Å². The summed E-state index contributed by atoms with van der Waals surface area (Å²) < 4.78 is 1.82. The first-order valence-electron chi connectivity index (χ1n) is 5.09. The van der Waals surface area contributed by atoms with E-state index in [9.17, 15) is 5.11 Å². The molecule has 1 heterocycles. The zero-order valence-electron chi connectivity index (χ0n) is 8.89. The largest absolute Gasteiger partial charge is 0.506 e. The highest BCUT2D eigenvalue weighted by molar-refractivity contribution is 6.32. The van der Waals surface area contributed by atoms with Crippen LogP contribution < -0.4 is 0 Å². The molecule has 0 spiro atoms. The van der Waals surface area contributed by atoms with Gasteiger partial charge in [0.05, 0.1) is 16.9 Å². The number of aryl methyl sites for hydroxylation is 1. The molecule has 1 aromatic heterocycles. The number of hydrogen-bond donors (Lipinski definition) is 1. The minimum absolute atomic E-state index is 0.0833. The summed E-state index contributed by atoms with van der Waals surface area (Å²) >= 11 is 5.86. The highest BCUT2D eigenvalue weighted by atomic mass is 35.5. The van der Waals surface area contributed by atoms with Gasteiger partial charge in [0.25, 0.3) is 0 Å². The Morgan fingerprint density at radius 3 is 2.94 bits per heavy atom. The van der Waals surface area contributed by atoms with E-state index >= 15 is 0 Å². The van der Waals surface area contributed by atoms with Gasteiger partial charge in [-0.1, -0.05) is 23.7 Å². The predicted molar refractivity (Wildman–Crippen MR) is 62.4 cm³/mol. The van der Waals surface area contributed by atoms with Gasteiger partial charge in [-0.3, -0.25) is 0 Å². The standard InChI is InChI=1S/C11H12ClN3O/c1-2-5-15-10(7-13-14-15)8-3-4-11(16)9(12)6-8/h3-4,6-7,16H,2,5H2,1H3. The highest BCUT2D eigenvalue weighted by Gasteiger charge is 2.08. The monoisotopic (exact) mass is 237 g/mol. The van der Waals surface area contributed by atoms with Gasteiger partial charge < -0.3 is 5.11 Å². The molecule has 0 amide bonds. The van der Waals surface area contributed by atoms with E-state index in [-0.39, 0.29) is 5.75 Å². The van der Waals surface area contributed by atoms with Crippen LogP contribution in [0, 0.1) is 0 Å². The third-order valence-corrected chi connectivity index (χ3v) is 2.60. The normalized spacial score (nSPS) is 10.6. The first-order chi connectivity index (χ1) is 7.72. The number of rotatable bonds is 3. The first kappa shape index (κ1) is 11.0. The molecule has 0 aliphatic carbocycles. The van der Waals surface area contributed by atoms with E-state index in [2.05, 4.69) is 17.2 Å². The Morgan fingerprint density at radius 2 is 2.25 bits per heavy atom. The zero-order valence-corrected chi connectivity index (χ0v) is 9.65. The second-order valence-corrected chi connectivity index (χ2v) is 3.92. The minimum Gasteiger partial charge on any atom is -0.506 e. The van der Waals surface area contributed by atoms with Crippen molar-refractivity contribution in [2.45, 2.75) is 19.9 Å². The molecule has 0 unspecified atom stereocenters. The average Bonchev–Trinajstić information content (AvgIpc) is 2.71. The smallest absolute Gasteiger partial charge is 0.134 e. The van der Waals surface area contributed by atoms with Crippen molar-refractivity contribution < 1.29 is 5.11 Å². The third kappa shape index (κ3) is 2.02. The van der Waals surface area contributed by atoms with Crippen molar-refractivity contribution >= 4 is 11.6 Å². The Morgan fingerprint density at radius 1 is 1.44 bits per heavy atom. The second-order valence-electron chi connectivity index (χ2n) is 3.51. The summed E-state index contributed by atoms with van der Waals surface area (Å²) in [6, 6.07) is 5.08. The van der Waals surface area contributed by atoms with Gasteiger partial charge in [0.2, 0.25) is 0 Å². The molecule has 0 aliphatic heterocycles. The molecule has 4 nitrogen and oxygen atoms in total. The van der Waals surface area contributed by atoms with Crippen LogP contribution in [0.3, 0.4) is 0 Å². The number of phenols is 1. The van der Waals surface area contributed by atoms with Crippen molar-refractivity contribution in [1.29, 1.82) is 0 Å². The molecule has 1 N–H and O–H groups in total. The Labute approximate surface area is 98.5 Å². The lowest BCUT2D eigenvalue weighted by Gasteiger charge is -2.05. The topological polar surface area (TPSA) is 50.9 Å². The summed E-state index contributed by atoms with van der Waals surface area (Å²) in [5.74, 6) is 0.0833. The summed E-state index contributed by atoms with van der Waals surface area (Å²) in [5, 5.41) is 17.6. The number of nitrogens with zero attached hydrogens (tertiary/aromatic N) is 3. The molecule has 5 heteroatoms. The van der Waals surface area contributed by atoms with Crippen LogP contribution in [-0.4, -0.2) is 20.1 Å². The molecule has 0 saturated carbocycles. The van der Waals surface area contributed by atoms with Crippen molar-refractivity contribution in [3.8, 4) is 17.0 Å². The number of hydrogen-bond acceptors (Lipinski definition) is 3. The van der Waals surface area contributed by atoms with Crippen LogP contribution in [0.15, 0.2) is 24.4 Å². The second kappa shape index (κ2) is 4.53. The van der Waals surface area contributed by atoms with Crippen LogP contribution in [0.4, 0.5) is 0 Å². The fraction of sp³-hybridized carbons (Fsp3) is 0.273. The van der Waals surface area contributed by atoms with Crippen LogP contribution >= 0.6 is 11.6 Å². The van der Waals surface area contributed by atoms with Crippen LogP contribution in [0.5, 0.6) is 5.75 Å². The van der Waals surface area contributed by atoms with Crippen LogP contribution in [0.1, 0.15) is 13.3 Å². The van der Waals surface area contributed by atoms with Crippen molar-refractivity contribution in [3.63, 3.8) is 0 Å². The Kier molecular flexibility index (Phi) is 3.10. The molecule has 0 saturated heterocycles. The number of aromatic hydroxyl groups is 1. The van der Waals surface area contributed by atoms with E-state index in [1.54, 1.807) is 24.4 Å². The lowest BCUT2D eigenvalue weighted by molar-refractivity contribution is 0.475. The third-order valence-electron chi connectivity index (χ3n) is 2.30. The van der Waals surface area contributed by atoms with Crippen molar-refractivity contribution in [2.75, 3.05) is 0 Å². The molecule has 0 atom stereocenters. The predicted octanol–water partition coefficient (Wildman–Crippen LogP) is 2.71. The fourth-order valence-electron chi connectivity index (χ4n) is 1.52. The van der Waals surface area contributed by atoms with Gasteiger partial charge in [0, 0.05) is 12.1 Å². The van der Waals surface area contributed by atoms with E-state index in [4.69, 9.17) is 11.6 Å². The summed E-state index contributed by atoms with van der Waals surface area (Å²) in [6.07, 6.45) is 2.68. The van der Waals surface area contributed by atoms with E-state index in [0.717, 1.165) is 24.2 Å². The number of phenolic OH excluding ortho intramolecular Hbond substituents is 1. The molecule has 1 aromatic carbocycles. The highest BCUT2D eigenvalue weighted by Crippen LogP contribution is 2.28. The van der Waals surface area contributed by atoms with Crippen molar-refractivity contribution in [3.05, 3.63) is 29.4 Å². The summed E-state index contributed by atoms with van der Waals surface area (Å²) in [5.41, 5.74) is 1.81. The molecular weight excluding hydrogens is 226 g/mol. The number of benzene rings is 1. The van der Waals surface area contributed by atoms with Crippen LogP contribution in [0.2, 0.25) is 5.02 Å². The van der Waals surface area contributed by atoms with Gasteiger partial charge in [-0.2, -0.15) is 0 Å². The zero-order chi connectivity index (χ0) is 11.5. The minimum atomic E-state index is 0.0833. The number of aromatic nitrogens is 3. The van der Waals surface area contributed by atoms with Gasteiger partial charge in [-0.15, -0.1) is 5.10 Å². The van der Waals surface area contributed by atoms with Crippen molar-refractivity contribution in [2.24, 2.45) is 0 Å². The molecule has 0 fully saturated rings. The quantitative estimate of drug-likeness (QED) is 0.893. The van der Waals surface area contributed by atoms with E-state index in [0.29, 0.717) is 5.02 Å². The Balaban J connectivity index is 2.42. The first-order valence-corrected chi connectivity index (χ1v) is 5.47. The van der Waals surface area contributed by atoms with Gasteiger partial charge in [0.1, 0.15) is 5.75 Å². The molecule has 16 heavy (non-hydrogen) atoms. The molecule has 0 radical (unpaired) electrons.